The minimum absolute atomic E-state index is 0.0912. The summed E-state index contributed by atoms with van der Waals surface area (Å²) in [6.07, 6.45) is 4.29. The summed E-state index contributed by atoms with van der Waals surface area (Å²) in [5, 5.41) is 12.6. The third kappa shape index (κ3) is 2.88. The van der Waals surface area contributed by atoms with Gasteiger partial charge in [0.25, 0.3) is 0 Å². The van der Waals surface area contributed by atoms with Crippen molar-refractivity contribution >= 4 is 17.7 Å². The van der Waals surface area contributed by atoms with Crippen LogP contribution in [0.25, 0.3) is 0 Å². The van der Waals surface area contributed by atoms with E-state index in [4.69, 9.17) is 5.11 Å². The van der Waals surface area contributed by atoms with E-state index in [0.29, 0.717) is 12.0 Å². The van der Waals surface area contributed by atoms with Gasteiger partial charge in [-0.3, -0.25) is 4.79 Å². The second-order valence-electron chi connectivity index (χ2n) is 4.60. The summed E-state index contributed by atoms with van der Waals surface area (Å²) in [6, 6.07) is 0.630. The van der Waals surface area contributed by atoms with Gasteiger partial charge in [-0.05, 0) is 37.5 Å². The highest BCUT2D eigenvalue weighted by atomic mass is 32.2. The smallest absolute Gasteiger partial charge is 0.306 e. The molecule has 3 atom stereocenters. The summed E-state index contributed by atoms with van der Waals surface area (Å²) < 4.78 is 0. The Hall–Kier alpha value is -0.220. The van der Waals surface area contributed by atoms with E-state index >= 15 is 0 Å². The van der Waals surface area contributed by atoms with Crippen LogP contribution in [0, 0.1) is 11.8 Å². The second kappa shape index (κ2) is 5.21. The number of hydrogen-bond donors (Lipinski definition) is 2. The van der Waals surface area contributed by atoms with Crippen molar-refractivity contribution in [3.63, 3.8) is 0 Å². The van der Waals surface area contributed by atoms with Crippen LogP contribution in [0.2, 0.25) is 0 Å². The first-order chi connectivity index (χ1) is 7.27. The number of rotatable bonds is 4. The van der Waals surface area contributed by atoms with E-state index in [0.717, 1.165) is 25.8 Å². The van der Waals surface area contributed by atoms with Crippen LogP contribution in [-0.2, 0) is 4.79 Å². The van der Waals surface area contributed by atoms with Crippen molar-refractivity contribution in [1.82, 2.24) is 5.32 Å². The summed E-state index contributed by atoms with van der Waals surface area (Å²) in [6.45, 7) is 0.905. The third-order valence-corrected chi connectivity index (χ3v) is 4.74. The lowest BCUT2D eigenvalue weighted by atomic mass is 9.96. The molecule has 4 heteroatoms. The fourth-order valence-corrected chi connectivity index (χ4v) is 3.81. The van der Waals surface area contributed by atoms with Crippen LogP contribution >= 0.6 is 11.8 Å². The molecule has 1 saturated heterocycles. The Labute approximate surface area is 95.0 Å². The van der Waals surface area contributed by atoms with E-state index in [2.05, 4.69) is 5.32 Å². The minimum Gasteiger partial charge on any atom is -0.481 e. The molecule has 2 aliphatic rings. The summed E-state index contributed by atoms with van der Waals surface area (Å²) in [7, 11) is 0. The quantitative estimate of drug-likeness (QED) is 0.768. The Balaban J connectivity index is 1.75. The fraction of sp³-hybridized carbons (Fsp3) is 0.909. The lowest BCUT2D eigenvalue weighted by Crippen LogP contribution is -2.35. The molecule has 1 heterocycles. The van der Waals surface area contributed by atoms with Crippen LogP contribution < -0.4 is 5.32 Å². The largest absolute Gasteiger partial charge is 0.481 e. The number of nitrogens with one attached hydrogen (secondary N) is 1. The van der Waals surface area contributed by atoms with Crippen LogP contribution in [0.3, 0.4) is 0 Å². The molecular weight excluding hydrogens is 210 g/mol. The van der Waals surface area contributed by atoms with Gasteiger partial charge in [0.1, 0.15) is 0 Å². The molecule has 0 aromatic heterocycles. The van der Waals surface area contributed by atoms with Gasteiger partial charge >= 0.3 is 5.97 Å². The molecule has 0 aromatic rings. The van der Waals surface area contributed by atoms with E-state index in [1.54, 1.807) is 0 Å². The molecule has 3 unspecified atom stereocenters. The zero-order chi connectivity index (χ0) is 10.7. The lowest BCUT2D eigenvalue weighted by molar-refractivity contribution is -0.142. The maximum absolute atomic E-state index is 11.0. The van der Waals surface area contributed by atoms with E-state index in [1.165, 1.54) is 17.9 Å². The number of hydrogen-bond acceptors (Lipinski definition) is 3. The highest BCUT2D eigenvalue weighted by molar-refractivity contribution is 7.99. The highest BCUT2D eigenvalue weighted by Gasteiger charge is 2.33. The highest BCUT2D eigenvalue weighted by Crippen LogP contribution is 2.31. The van der Waals surface area contributed by atoms with Gasteiger partial charge in [0.15, 0.2) is 0 Å². The van der Waals surface area contributed by atoms with Crippen molar-refractivity contribution in [3.8, 4) is 0 Å². The van der Waals surface area contributed by atoms with Gasteiger partial charge in [0.05, 0.1) is 5.92 Å². The van der Waals surface area contributed by atoms with Gasteiger partial charge in [0.2, 0.25) is 0 Å². The van der Waals surface area contributed by atoms with Crippen molar-refractivity contribution in [3.05, 3.63) is 0 Å². The van der Waals surface area contributed by atoms with Crippen molar-refractivity contribution < 1.29 is 9.90 Å². The fourth-order valence-electron chi connectivity index (χ4n) is 2.62. The molecule has 2 rings (SSSR count). The Kier molecular flexibility index (Phi) is 3.92. The van der Waals surface area contributed by atoms with Crippen LogP contribution in [-0.4, -0.2) is 35.2 Å². The molecule has 15 heavy (non-hydrogen) atoms. The summed E-state index contributed by atoms with van der Waals surface area (Å²) in [5.74, 6) is 2.13. The number of carbonyl (C=O) groups is 1. The lowest BCUT2D eigenvalue weighted by Gasteiger charge is -2.19. The zero-order valence-electron chi connectivity index (χ0n) is 8.95. The average Bonchev–Trinajstić information content (AvgIpc) is 2.86. The van der Waals surface area contributed by atoms with Crippen LogP contribution in [0.5, 0.6) is 0 Å². The monoisotopic (exact) mass is 229 g/mol. The van der Waals surface area contributed by atoms with Gasteiger partial charge in [-0.25, -0.2) is 0 Å². The zero-order valence-corrected chi connectivity index (χ0v) is 9.76. The third-order valence-electron chi connectivity index (χ3n) is 3.57. The van der Waals surface area contributed by atoms with Crippen LogP contribution in [0.4, 0.5) is 0 Å². The Bertz CT molecular complexity index is 229. The Morgan fingerprint density at radius 2 is 2.27 bits per heavy atom. The van der Waals surface area contributed by atoms with E-state index in [9.17, 15) is 4.79 Å². The first kappa shape index (κ1) is 11.3. The predicted octanol–water partition coefficient (Wildman–Crippen LogP) is 1.58. The van der Waals surface area contributed by atoms with Gasteiger partial charge in [0, 0.05) is 11.8 Å². The number of thioether (sulfide) groups is 1. The number of aliphatic carboxylic acids is 1. The van der Waals surface area contributed by atoms with E-state index in [1.807, 2.05) is 11.8 Å². The number of carboxylic acid groups (broad SMARTS) is 1. The van der Waals surface area contributed by atoms with Crippen LogP contribution in [0.1, 0.15) is 25.7 Å². The molecule has 2 N–H and O–H groups in total. The summed E-state index contributed by atoms with van der Waals surface area (Å²) in [4.78, 5) is 11.0. The van der Waals surface area contributed by atoms with Gasteiger partial charge < -0.3 is 10.4 Å². The first-order valence-corrected chi connectivity index (χ1v) is 6.97. The molecule has 1 saturated carbocycles. The Morgan fingerprint density at radius 1 is 1.40 bits per heavy atom. The molecule has 0 spiro atoms. The molecule has 1 aliphatic heterocycles. The molecule has 0 aromatic carbocycles. The summed E-state index contributed by atoms with van der Waals surface area (Å²) >= 11 is 1.99. The molecule has 3 nitrogen and oxygen atoms in total. The minimum atomic E-state index is -0.597. The normalized spacial score (nSPS) is 35.9. The molecular formula is C11H19NO2S. The molecule has 0 amide bonds. The average molecular weight is 229 g/mol. The molecule has 1 aliphatic carbocycles. The van der Waals surface area contributed by atoms with Gasteiger partial charge in [-0.15, -0.1) is 0 Å². The van der Waals surface area contributed by atoms with Crippen LogP contribution in [0.15, 0.2) is 0 Å². The van der Waals surface area contributed by atoms with Crippen molar-refractivity contribution in [1.29, 1.82) is 0 Å². The SMILES string of the molecule is O=C(O)C1CCCC1CNC1CCSC1. The number of carboxylic acids is 1. The van der Waals surface area contributed by atoms with E-state index in [-0.39, 0.29) is 5.92 Å². The standard InChI is InChI=1S/C11H19NO2S/c13-11(14)10-3-1-2-8(10)6-12-9-4-5-15-7-9/h8-10,12H,1-7H2,(H,13,14). The van der Waals surface area contributed by atoms with E-state index < -0.39 is 5.97 Å². The Morgan fingerprint density at radius 3 is 2.93 bits per heavy atom. The molecule has 0 bridgehead atoms. The summed E-state index contributed by atoms with van der Waals surface area (Å²) in [5.41, 5.74) is 0. The van der Waals surface area contributed by atoms with Gasteiger partial charge in [-0.1, -0.05) is 6.42 Å². The van der Waals surface area contributed by atoms with Gasteiger partial charge in [-0.2, -0.15) is 11.8 Å². The predicted molar refractivity (Wildman–Crippen MR) is 62.2 cm³/mol. The van der Waals surface area contributed by atoms with Crippen molar-refractivity contribution in [2.24, 2.45) is 11.8 Å². The van der Waals surface area contributed by atoms with Crippen molar-refractivity contribution in [2.75, 3.05) is 18.1 Å². The maximum atomic E-state index is 11.0. The first-order valence-electron chi connectivity index (χ1n) is 5.81. The molecule has 2 fully saturated rings. The van der Waals surface area contributed by atoms with Crippen molar-refractivity contribution in [2.45, 2.75) is 31.7 Å². The maximum Gasteiger partial charge on any atom is 0.306 e. The topological polar surface area (TPSA) is 49.3 Å². The molecule has 86 valence electrons. The molecule has 0 radical (unpaired) electrons. The second-order valence-corrected chi connectivity index (χ2v) is 5.75.